The first-order chi connectivity index (χ1) is 15.0. The molecule has 0 saturated carbocycles. The van der Waals surface area contributed by atoms with Gasteiger partial charge in [0.25, 0.3) is 10.0 Å². The number of methoxy groups -OCH3 is 3. The molecule has 0 spiro atoms. The van der Waals surface area contributed by atoms with Gasteiger partial charge in [-0.3, -0.25) is 0 Å². The van der Waals surface area contributed by atoms with Gasteiger partial charge in [-0.2, -0.15) is 0 Å². The Hall–Kier alpha value is -2.75. The summed E-state index contributed by atoms with van der Waals surface area (Å²) in [6.45, 7) is 2.91. The van der Waals surface area contributed by atoms with E-state index in [9.17, 15) is 13.2 Å². The van der Waals surface area contributed by atoms with Gasteiger partial charge in [0, 0.05) is 16.5 Å². The predicted octanol–water partition coefficient (Wildman–Crippen LogP) is 4.02. The highest BCUT2D eigenvalue weighted by atomic mass is 35.5. The van der Waals surface area contributed by atoms with Crippen LogP contribution in [0.2, 0.25) is 5.02 Å². The number of carbonyl (C=O) groups excluding carboxylic acids is 1. The molecule has 10 heteroatoms. The number of halogens is 1. The van der Waals surface area contributed by atoms with Gasteiger partial charge in [0.15, 0.2) is 5.60 Å². The van der Waals surface area contributed by atoms with E-state index in [1.165, 1.54) is 33.5 Å². The van der Waals surface area contributed by atoms with Crippen molar-refractivity contribution in [2.45, 2.75) is 31.0 Å². The first-order valence-electron chi connectivity index (χ1n) is 9.55. The van der Waals surface area contributed by atoms with Gasteiger partial charge in [-0.25, -0.2) is 17.2 Å². The quantitative estimate of drug-likeness (QED) is 0.448. The van der Waals surface area contributed by atoms with Crippen LogP contribution < -0.4 is 9.47 Å². The van der Waals surface area contributed by atoms with Crippen molar-refractivity contribution in [1.82, 2.24) is 3.97 Å². The number of ether oxygens (including phenoxy) is 4. The van der Waals surface area contributed by atoms with E-state index in [4.69, 9.17) is 30.5 Å². The third-order valence-electron chi connectivity index (χ3n) is 4.94. The van der Waals surface area contributed by atoms with Crippen molar-refractivity contribution in [3.8, 4) is 11.5 Å². The zero-order valence-corrected chi connectivity index (χ0v) is 19.9. The van der Waals surface area contributed by atoms with E-state index >= 15 is 0 Å². The van der Waals surface area contributed by atoms with Crippen molar-refractivity contribution in [3.05, 3.63) is 53.2 Å². The number of aromatic nitrogens is 1. The van der Waals surface area contributed by atoms with Crippen LogP contribution in [0.25, 0.3) is 10.9 Å². The van der Waals surface area contributed by atoms with Gasteiger partial charge in [0.05, 0.1) is 39.1 Å². The number of carbonyl (C=O) groups is 1. The van der Waals surface area contributed by atoms with Crippen LogP contribution in [-0.4, -0.2) is 45.3 Å². The maximum Gasteiger partial charge on any atom is 0.337 e. The topological polar surface area (TPSA) is 93.1 Å². The summed E-state index contributed by atoms with van der Waals surface area (Å²) in [5, 5.41) is 1.05. The number of esters is 1. The van der Waals surface area contributed by atoms with Crippen LogP contribution in [0.5, 0.6) is 11.5 Å². The van der Waals surface area contributed by atoms with Crippen LogP contribution in [0.1, 0.15) is 19.5 Å². The Balaban J connectivity index is 2.21. The minimum absolute atomic E-state index is 0.0831. The molecular formula is C22H24ClNO7S. The molecule has 2 aromatic carbocycles. The second-order valence-electron chi connectivity index (χ2n) is 7.42. The molecular weight excluding hydrogens is 458 g/mol. The molecule has 0 saturated heterocycles. The molecule has 0 aliphatic heterocycles. The van der Waals surface area contributed by atoms with E-state index in [-0.39, 0.29) is 17.3 Å². The number of fused-ring (bicyclic) bond motifs is 1. The van der Waals surface area contributed by atoms with Gasteiger partial charge < -0.3 is 18.9 Å². The van der Waals surface area contributed by atoms with Crippen molar-refractivity contribution in [2.24, 2.45) is 0 Å². The smallest absolute Gasteiger partial charge is 0.337 e. The molecule has 1 aromatic heterocycles. The molecule has 0 N–H and O–H groups in total. The molecule has 3 rings (SSSR count). The van der Waals surface area contributed by atoms with Crippen LogP contribution in [-0.2, 0) is 30.9 Å². The fourth-order valence-corrected chi connectivity index (χ4v) is 5.13. The summed E-state index contributed by atoms with van der Waals surface area (Å²) in [6.07, 6.45) is 0. The van der Waals surface area contributed by atoms with Crippen molar-refractivity contribution in [3.63, 3.8) is 0 Å². The summed E-state index contributed by atoms with van der Waals surface area (Å²) >= 11 is 6.12. The van der Waals surface area contributed by atoms with E-state index < -0.39 is 21.6 Å². The van der Waals surface area contributed by atoms with E-state index in [1.807, 2.05) is 0 Å². The third-order valence-corrected chi connectivity index (χ3v) is 6.96. The minimum Gasteiger partial charge on any atom is -0.497 e. The molecule has 3 aromatic rings. The number of nitrogens with zero attached hydrogens (tertiary/aromatic N) is 1. The highest BCUT2D eigenvalue weighted by molar-refractivity contribution is 7.90. The predicted molar refractivity (Wildman–Crippen MR) is 120 cm³/mol. The first kappa shape index (κ1) is 23.9. The van der Waals surface area contributed by atoms with Gasteiger partial charge in [0.1, 0.15) is 16.4 Å². The number of hydrogen-bond donors (Lipinski definition) is 0. The summed E-state index contributed by atoms with van der Waals surface area (Å²) in [5.41, 5.74) is -0.594. The third kappa shape index (κ3) is 4.41. The Bertz CT molecular complexity index is 1260. The lowest BCUT2D eigenvalue weighted by Crippen LogP contribution is -2.36. The van der Waals surface area contributed by atoms with Gasteiger partial charge in [-0.15, -0.1) is 0 Å². The number of rotatable bonds is 8. The van der Waals surface area contributed by atoms with Crippen molar-refractivity contribution < 1.29 is 32.2 Å². The summed E-state index contributed by atoms with van der Waals surface area (Å²) in [4.78, 5) is 11.9. The summed E-state index contributed by atoms with van der Waals surface area (Å²) < 4.78 is 49.8. The average molecular weight is 482 g/mol. The zero-order chi connectivity index (χ0) is 23.7. The maximum atomic E-state index is 13.8. The lowest BCUT2D eigenvalue weighted by Gasteiger charge is -2.23. The number of hydrogen-bond acceptors (Lipinski definition) is 7. The molecule has 0 amide bonds. The van der Waals surface area contributed by atoms with E-state index in [2.05, 4.69) is 0 Å². The van der Waals surface area contributed by atoms with E-state index in [0.29, 0.717) is 27.4 Å². The zero-order valence-electron chi connectivity index (χ0n) is 18.3. The summed E-state index contributed by atoms with van der Waals surface area (Å²) in [7, 11) is -0.0762. The summed E-state index contributed by atoms with van der Waals surface area (Å²) in [5.74, 6) is -0.0718. The van der Waals surface area contributed by atoms with Crippen molar-refractivity contribution in [1.29, 1.82) is 0 Å². The molecule has 0 aliphatic carbocycles. The van der Waals surface area contributed by atoms with Crippen LogP contribution in [0, 0.1) is 0 Å². The molecule has 32 heavy (non-hydrogen) atoms. The maximum absolute atomic E-state index is 13.8. The normalized spacial score (nSPS) is 12.1. The van der Waals surface area contributed by atoms with E-state index in [0.717, 1.165) is 3.97 Å². The van der Waals surface area contributed by atoms with Crippen LogP contribution in [0.15, 0.2) is 47.4 Å². The van der Waals surface area contributed by atoms with Crippen LogP contribution in [0.3, 0.4) is 0 Å². The monoisotopic (exact) mass is 481 g/mol. The Labute approximate surface area is 191 Å². The highest BCUT2D eigenvalue weighted by Crippen LogP contribution is 2.34. The second-order valence-corrected chi connectivity index (χ2v) is 9.61. The highest BCUT2D eigenvalue weighted by Gasteiger charge is 2.32. The van der Waals surface area contributed by atoms with Gasteiger partial charge in [-0.05, 0) is 50.2 Å². The fourth-order valence-electron chi connectivity index (χ4n) is 3.25. The van der Waals surface area contributed by atoms with Gasteiger partial charge >= 0.3 is 5.97 Å². The standard InChI is InChI=1S/C22H24ClNO7S/c1-22(2,21(25)30-5)31-13-16-11-14-10-15(23)6-8-18(14)24(16)32(26,27)20-12-17(28-3)7-9-19(20)29-4/h6-12H,13H2,1-5H3. The van der Waals surface area contributed by atoms with Gasteiger partial charge in [0.2, 0.25) is 0 Å². The molecule has 172 valence electrons. The van der Waals surface area contributed by atoms with E-state index in [1.54, 1.807) is 44.2 Å². The lowest BCUT2D eigenvalue weighted by molar-refractivity contribution is -0.166. The lowest BCUT2D eigenvalue weighted by atomic mass is 10.1. The molecule has 0 aliphatic rings. The largest absolute Gasteiger partial charge is 0.497 e. The molecule has 0 radical (unpaired) electrons. The Morgan fingerprint density at radius 3 is 2.38 bits per heavy atom. The Morgan fingerprint density at radius 1 is 1.03 bits per heavy atom. The molecule has 8 nitrogen and oxygen atoms in total. The SMILES string of the molecule is COC(=O)C(C)(C)OCc1cc2cc(Cl)ccc2n1S(=O)(=O)c1cc(OC)ccc1OC. The molecule has 1 heterocycles. The minimum atomic E-state index is -4.16. The molecule has 0 atom stereocenters. The van der Waals surface area contributed by atoms with Gasteiger partial charge in [-0.1, -0.05) is 11.6 Å². The first-order valence-corrected chi connectivity index (χ1v) is 11.4. The average Bonchev–Trinajstić information content (AvgIpc) is 3.14. The number of benzene rings is 2. The Morgan fingerprint density at radius 2 is 1.75 bits per heavy atom. The molecule has 0 unspecified atom stereocenters. The van der Waals surface area contributed by atoms with Crippen molar-refractivity contribution >= 4 is 38.5 Å². The summed E-state index contributed by atoms with van der Waals surface area (Å²) in [6, 6.07) is 11.0. The fraction of sp³-hybridized carbons (Fsp3) is 0.318. The van der Waals surface area contributed by atoms with Crippen LogP contribution >= 0.6 is 11.6 Å². The molecule has 0 fully saturated rings. The molecule has 0 bridgehead atoms. The van der Waals surface area contributed by atoms with Crippen LogP contribution in [0.4, 0.5) is 0 Å². The van der Waals surface area contributed by atoms with Crippen molar-refractivity contribution in [2.75, 3.05) is 21.3 Å². The second kappa shape index (κ2) is 9.01. The Kier molecular flexibility index (Phi) is 6.73.